The van der Waals surface area contributed by atoms with Crippen molar-refractivity contribution in [1.82, 2.24) is 10.2 Å². The molecular weight excluding hydrogens is 216 g/mol. The maximum absolute atomic E-state index is 12.3. The number of carbonyl (C=O) groups is 1. The topological polar surface area (TPSA) is 41.6 Å². The van der Waals surface area contributed by atoms with Crippen molar-refractivity contribution in [2.75, 3.05) is 32.8 Å². The fourth-order valence-corrected chi connectivity index (χ4v) is 3.39. The lowest BCUT2D eigenvalue weighted by atomic mass is 9.93. The summed E-state index contributed by atoms with van der Waals surface area (Å²) in [5.41, 5.74) is 0.0138. The normalized spacial score (nSPS) is 37.9. The number of nitrogens with one attached hydrogen (secondary N) is 1. The summed E-state index contributed by atoms with van der Waals surface area (Å²) < 4.78 is 5.96. The highest BCUT2D eigenvalue weighted by Crippen LogP contribution is 2.34. The average Bonchev–Trinajstić information content (AvgIpc) is 2.99. The van der Waals surface area contributed by atoms with Gasteiger partial charge in [0.2, 0.25) is 5.91 Å². The van der Waals surface area contributed by atoms with E-state index in [0.717, 1.165) is 52.0 Å². The monoisotopic (exact) mass is 238 g/mol. The Morgan fingerprint density at radius 1 is 1.35 bits per heavy atom. The minimum absolute atomic E-state index is 0.0138. The van der Waals surface area contributed by atoms with Crippen LogP contribution in [0.15, 0.2) is 0 Å². The van der Waals surface area contributed by atoms with Crippen molar-refractivity contribution in [2.24, 2.45) is 5.92 Å². The van der Waals surface area contributed by atoms with Gasteiger partial charge < -0.3 is 15.0 Å². The van der Waals surface area contributed by atoms with E-state index in [0.29, 0.717) is 5.91 Å². The number of nitrogens with zero attached hydrogens (tertiary/aromatic N) is 1. The molecule has 3 heterocycles. The van der Waals surface area contributed by atoms with Crippen molar-refractivity contribution >= 4 is 5.91 Å². The summed E-state index contributed by atoms with van der Waals surface area (Å²) in [6.45, 7) is 4.47. The van der Waals surface area contributed by atoms with Crippen LogP contribution in [0.1, 0.15) is 32.1 Å². The fraction of sp³-hybridized carbons (Fsp3) is 0.923. The quantitative estimate of drug-likeness (QED) is 0.733. The van der Waals surface area contributed by atoms with Gasteiger partial charge in [-0.3, -0.25) is 4.79 Å². The van der Waals surface area contributed by atoms with E-state index in [1.165, 1.54) is 12.8 Å². The van der Waals surface area contributed by atoms with E-state index in [9.17, 15) is 4.79 Å². The van der Waals surface area contributed by atoms with E-state index in [4.69, 9.17) is 4.74 Å². The molecule has 1 N–H and O–H groups in total. The second-order valence-corrected chi connectivity index (χ2v) is 5.69. The molecule has 4 heteroatoms. The highest BCUT2D eigenvalue weighted by molar-refractivity contribution is 5.79. The lowest BCUT2D eigenvalue weighted by Gasteiger charge is -2.33. The van der Waals surface area contributed by atoms with Crippen molar-refractivity contribution in [3.8, 4) is 0 Å². The molecule has 17 heavy (non-hydrogen) atoms. The third-order valence-electron chi connectivity index (χ3n) is 4.47. The third-order valence-corrected chi connectivity index (χ3v) is 4.47. The lowest BCUT2D eigenvalue weighted by molar-refractivity contribution is -0.136. The van der Waals surface area contributed by atoms with E-state index >= 15 is 0 Å². The molecule has 0 bridgehead atoms. The Morgan fingerprint density at radius 2 is 2.29 bits per heavy atom. The maximum Gasteiger partial charge on any atom is 0.227 e. The van der Waals surface area contributed by atoms with Crippen molar-refractivity contribution in [1.29, 1.82) is 0 Å². The van der Waals surface area contributed by atoms with E-state index in [1.807, 2.05) is 4.90 Å². The van der Waals surface area contributed by atoms with Gasteiger partial charge in [-0.2, -0.15) is 0 Å². The average molecular weight is 238 g/mol. The molecule has 1 amide bonds. The van der Waals surface area contributed by atoms with Crippen molar-refractivity contribution in [3.05, 3.63) is 0 Å². The molecule has 0 aliphatic carbocycles. The van der Waals surface area contributed by atoms with Crippen LogP contribution in [0.2, 0.25) is 0 Å². The van der Waals surface area contributed by atoms with E-state index < -0.39 is 0 Å². The summed E-state index contributed by atoms with van der Waals surface area (Å²) in [5.74, 6) is 0.565. The van der Waals surface area contributed by atoms with Gasteiger partial charge in [0.05, 0.1) is 11.5 Å². The predicted octanol–water partition coefficient (Wildman–Crippen LogP) is 0.767. The molecule has 0 aromatic carbocycles. The van der Waals surface area contributed by atoms with Gasteiger partial charge in [0.1, 0.15) is 0 Å². The number of hydrogen-bond donors (Lipinski definition) is 1. The zero-order valence-electron chi connectivity index (χ0n) is 10.4. The number of hydrogen-bond acceptors (Lipinski definition) is 3. The molecule has 3 aliphatic heterocycles. The van der Waals surface area contributed by atoms with E-state index in [2.05, 4.69) is 5.32 Å². The summed E-state index contributed by atoms with van der Waals surface area (Å²) in [4.78, 5) is 14.3. The third kappa shape index (κ3) is 2.20. The molecule has 2 atom stereocenters. The SMILES string of the molecule is O=C([C@H]1CCNC1)N1CC[C@]2(CCCCO2)C1. The minimum atomic E-state index is 0.0138. The number of carbonyl (C=O) groups excluding carboxylic acids is 1. The zero-order chi connectivity index (χ0) is 11.7. The summed E-state index contributed by atoms with van der Waals surface area (Å²) in [6, 6.07) is 0. The van der Waals surface area contributed by atoms with Crippen LogP contribution in [-0.4, -0.2) is 49.2 Å². The van der Waals surface area contributed by atoms with E-state index in [1.54, 1.807) is 0 Å². The Kier molecular flexibility index (Phi) is 3.09. The maximum atomic E-state index is 12.3. The summed E-state index contributed by atoms with van der Waals surface area (Å²) >= 11 is 0. The van der Waals surface area contributed by atoms with Crippen molar-refractivity contribution in [3.63, 3.8) is 0 Å². The number of ether oxygens (including phenoxy) is 1. The van der Waals surface area contributed by atoms with Crippen molar-refractivity contribution < 1.29 is 9.53 Å². The van der Waals surface area contributed by atoms with Gasteiger partial charge in [-0.1, -0.05) is 0 Å². The first kappa shape index (κ1) is 11.5. The van der Waals surface area contributed by atoms with Crippen LogP contribution in [0.4, 0.5) is 0 Å². The molecule has 3 aliphatic rings. The number of rotatable bonds is 1. The first-order chi connectivity index (χ1) is 8.29. The summed E-state index contributed by atoms with van der Waals surface area (Å²) in [7, 11) is 0. The lowest BCUT2D eigenvalue weighted by Crippen LogP contribution is -2.42. The molecule has 0 unspecified atom stereocenters. The van der Waals surface area contributed by atoms with Gasteiger partial charge in [0.25, 0.3) is 0 Å². The highest BCUT2D eigenvalue weighted by atomic mass is 16.5. The smallest absolute Gasteiger partial charge is 0.227 e. The Labute approximate surface area is 103 Å². The summed E-state index contributed by atoms with van der Waals surface area (Å²) in [6.07, 6.45) is 5.62. The van der Waals surface area contributed by atoms with Crippen LogP contribution in [0.25, 0.3) is 0 Å². The van der Waals surface area contributed by atoms with Gasteiger partial charge in [0.15, 0.2) is 0 Å². The molecule has 96 valence electrons. The molecule has 0 aromatic rings. The molecule has 0 saturated carbocycles. The molecule has 0 radical (unpaired) electrons. The molecule has 3 fully saturated rings. The van der Waals surface area contributed by atoms with Crippen LogP contribution >= 0.6 is 0 Å². The van der Waals surface area contributed by atoms with Crippen LogP contribution in [-0.2, 0) is 9.53 Å². The predicted molar refractivity (Wildman–Crippen MR) is 64.7 cm³/mol. The van der Waals surface area contributed by atoms with Crippen LogP contribution in [0.5, 0.6) is 0 Å². The van der Waals surface area contributed by atoms with Gasteiger partial charge in [-0.25, -0.2) is 0 Å². The first-order valence-electron chi connectivity index (χ1n) is 6.93. The molecule has 0 aromatic heterocycles. The van der Waals surface area contributed by atoms with Crippen LogP contribution in [0, 0.1) is 5.92 Å². The summed E-state index contributed by atoms with van der Waals surface area (Å²) in [5, 5.41) is 3.27. The Morgan fingerprint density at radius 3 is 3.00 bits per heavy atom. The Hall–Kier alpha value is -0.610. The number of likely N-dealkylation sites (tertiary alicyclic amines) is 1. The second kappa shape index (κ2) is 4.58. The van der Waals surface area contributed by atoms with Crippen LogP contribution < -0.4 is 5.32 Å². The van der Waals surface area contributed by atoms with E-state index in [-0.39, 0.29) is 11.5 Å². The van der Waals surface area contributed by atoms with Crippen molar-refractivity contribution in [2.45, 2.75) is 37.7 Å². The Bertz CT molecular complexity index is 294. The number of amides is 1. The van der Waals surface area contributed by atoms with Gasteiger partial charge >= 0.3 is 0 Å². The molecular formula is C13H22N2O2. The zero-order valence-corrected chi connectivity index (χ0v) is 10.4. The molecule has 3 saturated heterocycles. The second-order valence-electron chi connectivity index (χ2n) is 5.69. The Balaban J connectivity index is 1.60. The molecule has 1 spiro atoms. The largest absolute Gasteiger partial charge is 0.373 e. The van der Waals surface area contributed by atoms with Gasteiger partial charge in [0, 0.05) is 26.2 Å². The van der Waals surface area contributed by atoms with Gasteiger partial charge in [-0.15, -0.1) is 0 Å². The molecule has 4 nitrogen and oxygen atoms in total. The standard InChI is InChI=1S/C13H22N2O2/c16-12(11-3-6-14-9-11)15-7-5-13(10-15)4-1-2-8-17-13/h11,14H,1-10H2/t11-,13+/m0/s1. The highest BCUT2D eigenvalue weighted by Gasteiger charge is 2.43. The fourth-order valence-electron chi connectivity index (χ4n) is 3.39. The minimum Gasteiger partial charge on any atom is -0.373 e. The molecule has 3 rings (SSSR count). The van der Waals surface area contributed by atoms with Gasteiger partial charge in [-0.05, 0) is 38.6 Å². The van der Waals surface area contributed by atoms with Crippen LogP contribution in [0.3, 0.4) is 0 Å². The first-order valence-corrected chi connectivity index (χ1v) is 6.93.